The molecular weight excluding hydrogens is 221 g/mol. The van der Waals surface area contributed by atoms with Crippen molar-refractivity contribution in [2.75, 3.05) is 13.2 Å². The molecule has 0 aliphatic heterocycles. The molecule has 6 heteroatoms. The first-order valence-corrected chi connectivity index (χ1v) is 5.00. The van der Waals surface area contributed by atoms with Crippen molar-refractivity contribution >= 4 is 0 Å². The second-order valence-electron chi connectivity index (χ2n) is 3.29. The Kier molecular flexibility index (Phi) is 7.99. The van der Waals surface area contributed by atoms with E-state index in [1.165, 1.54) is 0 Å². The number of halogens is 3. The van der Waals surface area contributed by atoms with E-state index in [9.17, 15) is 13.2 Å². The molecular formula is C10H17F3N2O. The Bertz CT molecular complexity index is 232. The van der Waals surface area contributed by atoms with Crippen molar-refractivity contribution in [1.82, 2.24) is 5.43 Å². The molecule has 0 saturated carbocycles. The van der Waals surface area contributed by atoms with Crippen LogP contribution in [0.1, 0.15) is 26.2 Å². The lowest BCUT2D eigenvalue weighted by atomic mass is 10.1. The standard InChI is InChI=1S/C10H17F3N2O/c1-2-3-4-5-9(15-14)6-7-16-8-10(11,12)13/h9,15H,4-8,14H2,1H3. The maximum absolute atomic E-state index is 11.7. The third-order valence-corrected chi connectivity index (χ3v) is 1.91. The van der Waals surface area contributed by atoms with E-state index in [1.54, 1.807) is 6.92 Å². The molecule has 1 atom stereocenters. The van der Waals surface area contributed by atoms with Gasteiger partial charge in [-0.1, -0.05) is 0 Å². The third-order valence-electron chi connectivity index (χ3n) is 1.91. The maximum Gasteiger partial charge on any atom is 0.411 e. The van der Waals surface area contributed by atoms with E-state index in [-0.39, 0.29) is 12.6 Å². The minimum atomic E-state index is -4.26. The average Bonchev–Trinajstić information content (AvgIpc) is 2.20. The second-order valence-corrected chi connectivity index (χ2v) is 3.29. The molecule has 0 bridgehead atoms. The van der Waals surface area contributed by atoms with E-state index in [2.05, 4.69) is 22.0 Å². The van der Waals surface area contributed by atoms with Crippen LogP contribution in [-0.2, 0) is 4.74 Å². The molecule has 0 aromatic rings. The Morgan fingerprint density at radius 1 is 1.38 bits per heavy atom. The largest absolute Gasteiger partial charge is 0.411 e. The third kappa shape index (κ3) is 9.77. The van der Waals surface area contributed by atoms with Gasteiger partial charge in [-0.05, 0) is 19.8 Å². The smallest absolute Gasteiger partial charge is 0.372 e. The number of hydrazine groups is 1. The fourth-order valence-electron chi connectivity index (χ4n) is 1.10. The lowest BCUT2D eigenvalue weighted by Crippen LogP contribution is -2.36. The van der Waals surface area contributed by atoms with Gasteiger partial charge in [0.25, 0.3) is 0 Å². The van der Waals surface area contributed by atoms with Gasteiger partial charge in [0.15, 0.2) is 0 Å². The first kappa shape index (κ1) is 15.2. The molecule has 0 amide bonds. The van der Waals surface area contributed by atoms with E-state index in [0.717, 1.165) is 0 Å². The summed E-state index contributed by atoms with van der Waals surface area (Å²) in [6.07, 6.45) is -2.45. The summed E-state index contributed by atoms with van der Waals surface area (Å²) in [6.45, 7) is 0.560. The van der Waals surface area contributed by atoms with Crippen LogP contribution in [0.25, 0.3) is 0 Å². The molecule has 0 aliphatic carbocycles. The lowest BCUT2D eigenvalue weighted by molar-refractivity contribution is -0.174. The van der Waals surface area contributed by atoms with Crippen LogP contribution in [0.5, 0.6) is 0 Å². The van der Waals surface area contributed by atoms with Crippen LogP contribution < -0.4 is 11.3 Å². The van der Waals surface area contributed by atoms with Crippen molar-refractivity contribution in [3.63, 3.8) is 0 Å². The molecule has 0 aromatic carbocycles. The maximum atomic E-state index is 11.7. The summed E-state index contributed by atoms with van der Waals surface area (Å²) in [5, 5.41) is 0. The van der Waals surface area contributed by atoms with Crippen LogP contribution in [0, 0.1) is 11.8 Å². The van der Waals surface area contributed by atoms with Crippen molar-refractivity contribution < 1.29 is 17.9 Å². The SMILES string of the molecule is CC#CCCC(CCOCC(F)(F)F)NN. The first-order chi connectivity index (χ1) is 7.49. The Morgan fingerprint density at radius 2 is 2.06 bits per heavy atom. The zero-order valence-electron chi connectivity index (χ0n) is 9.23. The Labute approximate surface area is 93.5 Å². The van der Waals surface area contributed by atoms with Gasteiger partial charge in [0, 0.05) is 19.1 Å². The molecule has 0 fully saturated rings. The van der Waals surface area contributed by atoms with E-state index < -0.39 is 12.8 Å². The highest BCUT2D eigenvalue weighted by Crippen LogP contribution is 2.14. The van der Waals surface area contributed by atoms with E-state index in [1.807, 2.05) is 0 Å². The monoisotopic (exact) mass is 238 g/mol. The Balaban J connectivity index is 3.58. The zero-order valence-corrected chi connectivity index (χ0v) is 9.23. The van der Waals surface area contributed by atoms with Gasteiger partial charge in [0.2, 0.25) is 0 Å². The first-order valence-electron chi connectivity index (χ1n) is 5.00. The van der Waals surface area contributed by atoms with Crippen LogP contribution >= 0.6 is 0 Å². The number of ether oxygens (including phenoxy) is 1. The molecule has 3 nitrogen and oxygen atoms in total. The summed E-state index contributed by atoms with van der Waals surface area (Å²) in [5.41, 5.74) is 2.53. The topological polar surface area (TPSA) is 47.3 Å². The summed E-state index contributed by atoms with van der Waals surface area (Å²) in [6, 6.07) is -0.0610. The van der Waals surface area contributed by atoms with Crippen LogP contribution in [0.4, 0.5) is 13.2 Å². The van der Waals surface area contributed by atoms with Crippen LogP contribution in [-0.4, -0.2) is 25.4 Å². The number of nitrogens with one attached hydrogen (secondary N) is 1. The zero-order chi connectivity index (χ0) is 12.4. The van der Waals surface area contributed by atoms with E-state index >= 15 is 0 Å². The van der Waals surface area contributed by atoms with Gasteiger partial charge in [-0.2, -0.15) is 13.2 Å². The Hall–Kier alpha value is -0.770. The quantitative estimate of drug-likeness (QED) is 0.306. The minimum absolute atomic E-state index is 0.0356. The van der Waals surface area contributed by atoms with Crippen molar-refractivity contribution in [1.29, 1.82) is 0 Å². The molecule has 0 aliphatic rings. The van der Waals surface area contributed by atoms with Crippen molar-refractivity contribution in [3.8, 4) is 11.8 Å². The van der Waals surface area contributed by atoms with Gasteiger partial charge in [0.05, 0.1) is 0 Å². The molecule has 0 heterocycles. The second kappa shape index (κ2) is 8.39. The molecule has 0 saturated heterocycles. The molecule has 0 rings (SSSR count). The fourth-order valence-corrected chi connectivity index (χ4v) is 1.10. The van der Waals surface area contributed by atoms with Crippen molar-refractivity contribution in [3.05, 3.63) is 0 Å². The number of hydrogen-bond acceptors (Lipinski definition) is 3. The number of rotatable bonds is 7. The summed E-state index contributed by atoms with van der Waals surface area (Å²) < 4.78 is 39.7. The normalized spacial score (nSPS) is 13.1. The summed E-state index contributed by atoms with van der Waals surface area (Å²) in [4.78, 5) is 0. The summed E-state index contributed by atoms with van der Waals surface area (Å²) in [5.74, 6) is 10.8. The van der Waals surface area contributed by atoms with Crippen LogP contribution in [0.15, 0.2) is 0 Å². The molecule has 0 spiro atoms. The molecule has 0 aromatic heterocycles. The fraction of sp³-hybridized carbons (Fsp3) is 0.800. The molecule has 16 heavy (non-hydrogen) atoms. The van der Waals surface area contributed by atoms with Gasteiger partial charge in [-0.3, -0.25) is 11.3 Å². The summed E-state index contributed by atoms with van der Waals surface area (Å²) >= 11 is 0. The van der Waals surface area contributed by atoms with Gasteiger partial charge in [-0.25, -0.2) is 0 Å². The van der Waals surface area contributed by atoms with Gasteiger partial charge >= 0.3 is 6.18 Å². The highest BCUT2D eigenvalue weighted by atomic mass is 19.4. The number of hydrogen-bond donors (Lipinski definition) is 2. The van der Waals surface area contributed by atoms with Crippen LogP contribution in [0.2, 0.25) is 0 Å². The van der Waals surface area contributed by atoms with Gasteiger partial charge < -0.3 is 4.74 Å². The lowest BCUT2D eigenvalue weighted by Gasteiger charge is -2.14. The summed E-state index contributed by atoms with van der Waals surface area (Å²) in [7, 11) is 0. The van der Waals surface area contributed by atoms with Gasteiger partial charge in [0.1, 0.15) is 6.61 Å². The van der Waals surface area contributed by atoms with E-state index in [4.69, 9.17) is 5.84 Å². The molecule has 0 radical (unpaired) electrons. The Morgan fingerprint density at radius 3 is 2.56 bits per heavy atom. The van der Waals surface area contributed by atoms with E-state index in [0.29, 0.717) is 19.3 Å². The highest BCUT2D eigenvalue weighted by molar-refractivity contribution is 4.95. The average molecular weight is 238 g/mol. The predicted molar refractivity (Wildman–Crippen MR) is 55.3 cm³/mol. The molecule has 94 valence electrons. The van der Waals surface area contributed by atoms with Crippen LogP contribution in [0.3, 0.4) is 0 Å². The number of nitrogens with two attached hydrogens (primary N) is 1. The highest BCUT2D eigenvalue weighted by Gasteiger charge is 2.27. The van der Waals surface area contributed by atoms with Crippen molar-refractivity contribution in [2.24, 2.45) is 5.84 Å². The molecule has 3 N–H and O–H groups in total. The predicted octanol–water partition coefficient (Wildman–Crippen LogP) is 1.59. The number of alkyl halides is 3. The van der Waals surface area contributed by atoms with Gasteiger partial charge in [-0.15, -0.1) is 11.8 Å². The van der Waals surface area contributed by atoms with Crippen molar-refractivity contribution in [2.45, 2.75) is 38.4 Å². The molecule has 1 unspecified atom stereocenters. The minimum Gasteiger partial charge on any atom is -0.372 e.